The van der Waals surface area contributed by atoms with Crippen molar-refractivity contribution in [3.63, 3.8) is 0 Å². The molecule has 2 heteroatoms. The van der Waals surface area contributed by atoms with Crippen molar-refractivity contribution in [3.8, 4) is 0 Å². The van der Waals surface area contributed by atoms with Crippen LogP contribution in [0.25, 0.3) is 0 Å². The Morgan fingerprint density at radius 2 is 1.88 bits per heavy atom. The van der Waals surface area contributed by atoms with Crippen LogP contribution in [-0.4, -0.2) is 25.8 Å². The van der Waals surface area contributed by atoms with Gasteiger partial charge in [0.05, 0.1) is 12.7 Å². The largest absolute Gasteiger partial charge is 0.378 e. The average Bonchev–Trinajstić information content (AvgIpc) is 2.66. The van der Waals surface area contributed by atoms with Crippen LogP contribution in [0.4, 0.5) is 0 Å². The van der Waals surface area contributed by atoms with Crippen molar-refractivity contribution in [2.75, 3.05) is 19.7 Å². The molecule has 0 unspecified atom stereocenters. The maximum Gasteiger partial charge on any atom is 0.0575 e. The first-order valence-corrected chi connectivity index (χ1v) is 6.82. The maximum absolute atomic E-state index is 5.99. The molecule has 2 nitrogen and oxygen atoms in total. The van der Waals surface area contributed by atoms with Gasteiger partial charge in [0.15, 0.2) is 0 Å². The Labute approximate surface area is 101 Å². The average molecular weight is 227 g/mol. The van der Waals surface area contributed by atoms with Crippen molar-refractivity contribution in [2.45, 2.75) is 59.5 Å². The van der Waals surface area contributed by atoms with Crippen molar-refractivity contribution >= 4 is 0 Å². The molecule has 0 radical (unpaired) electrons. The second kappa shape index (κ2) is 6.61. The van der Waals surface area contributed by atoms with E-state index in [-0.39, 0.29) is 5.41 Å². The Bertz CT molecular complexity index is 183. The van der Waals surface area contributed by atoms with E-state index in [1.807, 2.05) is 0 Å². The van der Waals surface area contributed by atoms with Gasteiger partial charge in [0, 0.05) is 12.0 Å². The van der Waals surface area contributed by atoms with Gasteiger partial charge in [-0.2, -0.15) is 0 Å². The van der Waals surface area contributed by atoms with Crippen LogP contribution < -0.4 is 5.32 Å². The molecular formula is C14H29NO. The van der Waals surface area contributed by atoms with Gasteiger partial charge in [0.2, 0.25) is 0 Å². The number of rotatable bonds is 7. The second-order valence-corrected chi connectivity index (χ2v) is 6.41. The van der Waals surface area contributed by atoms with E-state index in [1.54, 1.807) is 0 Å². The highest BCUT2D eigenvalue weighted by Crippen LogP contribution is 2.24. The highest BCUT2D eigenvalue weighted by molar-refractivity contribution is 4.74. The van der Waals surface area contributed by atoms with Crippen LogP contribution in [-0.2, 0) is 4.74 Å². The van der Waals surface area contributed by atoms with E-state index in [0.717, 1.165) is 25.6 Å². The fourth-order valence-corrected chi connectivity index (χ4v) is 2.15. The monoisotopic (exact) mass is 227 g/mol. The molecule has 0 aromatic heterocycles. The molecule has 0 atom stereocenters. The molecule has 1 aliphatic rings. The first kappa shape index (κ1) is 14.0. The zero-order valence-corrected chi connectivity index (χ0v) is 11.5. The molecule has 1 rings (SSSR count). The van der Waals surface area contributed by atoms with Crippen LogP contribution in [0.3, 0.4) is 0 Å². The molecule has 0 heterocycles. The quantitative estimate of drug-likeness (QED) is 0.721. The van der Waals surface area contributed by atoms with Gasteiger partial charge in [0.1, 0.15) is 0 Å². The van der Waals surface area contributed by atoms with E-state index < -0.39 is 0 Å². The lowest BCUT2D eigenvalue weighted by Gasteiger charge is -2.27. The topological polar surface area (TPSA) is 21.3 Å². The predicted octanol–water partition coefficient (Wildman–Crippen LogP) is 3.22. The number of nitrogens with one attached hydrogen (secondary N) is 1. The zero-order chi connectivity index (χ0) is 12.0. The van der Waals surface area contributed by atoms with Gasteiger partial charge in [-0.25, -0.2) is 0 Å². The van der Waals surface area contributed by atoms with E-state index in [2.05, 4.69) is 33.0 Å². The summed E-state index contributed by atoms with van der Waals surface area (Å²) in [4.78, 5) is 0. The van der Waals surface area contributed by atoms with Crippen LogP contribution in [0.5, 0.6) is 0 Å². The van der Waals surface area contributed by atoms with Crippen LogP contribution in [0.15, 0.2) is 0 Å². The fraction of sp³-hybridized carbons (Fsp3) is 1.00. The molecule has 1 aliphatic carbocycles. The number of hydrogen-bond acceptors (Lipinski definition) is 2. The Morgan fingerprint density at radius 3 is 2.44 bits per heavy atom. The van der Waals surface area contributed by atoms with Crippen molar-refractivity contribution in [1.29, 1.82) is 0 Å². The summed E-state index contributed by atoms with van der Waals surface area (Å²) >= 11 is 0. The van der Waals surface area contributed by atoms with Gasteiger partial charge in [-0.15, -0.1) is 0 Å². The normalized spacial score (nSPS) is 18.6. The van der Waals surface area contributed by atoms with Gasteiger partial charge >= 0.3 is 0 Å². The highest BCUT2D eigenvalue weighted by Gasteiger charge is 2.22. The Kier molecular flexibility index (Phi) is 5.77. The zero-order valence-electron chi connectivity index (χ0n) is 11.5. The predicted molar refractivity (Wildman–Crippen MR) is 69.7 cm³/mol. The van der Waals surface area contributed by atoms with Gasteiger partial charge < -0.3 is 10.1 Å². The van der Waals surface area contributed by atoms with Crippen LogP contribution in [0, 0.1) is 11.3 Å². The van der Waals surface area contributed by atoms with Crippen molar-refractivity contribution in [1.82, 2.24) is 5.32 Å². The summed E-state index contributed by atoms with van der Waals surface area (Å²) in [6.45, 7) is 12.1. The van der Waals surface area contributed by atoms with E-state index in [9.17, 15) is 0 Å². The molecule has 0 amide bonds. The molecule has 1 N–H and O–H groups in total. The van der Waals surface area contributed by atoms with E-state index in [1.165, 1.54) is 25.7 Å². The van der Waals surface area contributed by atoms with Crippen molar-refractivity contribution in [2.24, 2.45) is 11.3 Å². The Balaban J connectivity index is 2.12. The third-order valence-corrected chi connectivity index (χ3v) is 3.17. The lowest BCUT2D eigenvalue weighted by atomic mass is 9.94. The lowest BCUT2D eigenvalue weighted by molar-refractivity contribution is 0.00676. The van der Waals surface area contributed by atoms with Gasteiger partial charge in [-0.05, 0) is 25.3 Å². The van der Waals surface area contributed by atoms with Crippen LogP contribution >= 0.6 is 0 Å². The van der Waals surface area contributed by atoms with Crippen LogP contribution in [0.2, 0.25) is 0 Å². The third kappa shape index (κ3) is 5.86. The van der Waals surface area contributed by atoms with E-state index in [4.69, 9.17) is 4.74 Å². The molecule has 0 aliphatic heterocycles. The summed E-state index contributed by atoms with van der Waals surface area (Å²) < 4.78 is 5.99. The van der Waals surface area contributed by atoms with Gasteiger partial charge in [-0.1, -0.05) is 40.5 Å². The summed E-state index contributed by atoms with van der Waals surface area (Å²) in [7, 11) is 0. The number of ether oxygens (including phenoxy) is 1. The molecule has 1 saturated carbocycles. The summed E-state index contributed by atoms with van der Waals surface area (Å²) in [6.07, 6.45) is 5.81. The standard InChI is InChI=1S/C14H29NO/c1-12(2)9-15-10-14(3,4)11-16-13-7-5-6-8-13/h12-13,15H,5-11H2,1-4H3. The summed E-state index contributed by atoms with van der Waals surface area (Å²) in [5, 5.41) is 3.52. The first-order valence-electron chi connectivity index (χ1n) is 6.82. The Morgan fingerprint density at radius 1 is 1.25 bits per heavy atom. The smallest absolute Gasteiger partial charge is 0.0575 e. The van der Waals surface area contributed by atoms with Crippen molar-refractivity contribution in [3.05, 3.63) is 0 Å². The Hall–Kier alpha value is -0.0800. The fourth-order valence-electron chi connectivity index (χ4n) is 2.15. The summed E-state index contributed by atoms with van der Waals surface area (Å²) in [5.41, 5.74) is 0.261. The number of hydrogen-bond donors (Lipinski definition) is 1. The minimum atomic E-state index is 0.261. The molecule has 0 aromatic rings. The molecule has 0 aromatic carbocycles. The molecule has 0 saturated heterocycles. The first-order chi connectivity index (χ1) is 7.49. The molecule has 0 spiro atoms. The molecule has 0 bridgehead atoms. The minimum Gasteiger partial charge on any atom is -0.378 e. The summed E-state index contributed by atoms with van der Waals surface area (Å²) in [6, 6.07) is 0. The molecule has 16 heavy (non-hydrogen) atoms. The van der Waals surface area contributed by atoms with E-state index in [0.29, 0.717) is 6.10 Å². The van der Waals surface area contributed by atoms with E-state index >= 15 is 0 Å². The molecule has 96 valence electrons. The lowest BCUT2D eigenvalue weighted by Crippen LogP contribution is -2.35. The van der Waals surface area contributed by atoms with Gasteiger partial charge in [-0.3, -0.25) is 0 Å². The SMILES string of the molecule is CC(C)CNCC(C)(C)COC1CCCC1. The van der Waals surface area contributed by atoms with Gasteiger partial charge in [0.25, 0.3) is 0 Å². The van der Waals surface area contributed by atoms with Crippen molar-refractivity contribution < 1.29 is 4.74 Å². The highest BCUT2D eigenvalue weighted by atomic mass is 16.5. The third-order valence-electron chi connectivity index (χ3n) is 3.17. The maximum atomic E-state index is 5.99. The minimum absolute atomic E-state index is 0.261. The second-order valence-electron chi connectivity index (χ2n) is 6.41. The molecular weight excluding hydrogens is 198 g/mol. The molecule has 1 fully saturated rings. The van der Waals surface area contributed by atoms with Crippen LogP contribution in [0.1, 0.15) is 53.4 Å². The summed E-state index contributed by atoms with van der Waals surface area (Å²) in [5.74, 6) is 0.728.